The summed E-state index contributed by atoms with van der Waals surface area (Å²) in [4.78, 5) is 79.6. The molecule has 3 saturated heterocycles. The number of carbonyl (C=O) groups excluding carboxylic acids is 6. The standard InChI is InChI=1S/C44H82O16Si5/c1-18-44(29-36(45)55-41(44)50)30-43(12)28-35(9)38(47)52-22-20-26-62(15)57-64(17,32(4)5)60-65(58-62,33(6)7)59-63(16,31(2)3)56-61(13,14)25-19-21-51-37(46)34(8)27-42(10,11)39(48)53-23-24-54-40(43)49/h31-35H,18-30H2,1-17H3. The van der Waals surface area contributed by atoms with Gasteiger partial charge in [-0.05, 0) is 115 Å². The minimum absolute atomic E-state index is 0.0396. The maximum absolute atomic E-state index is 14.0. The largest absolute Gasteiger partial charge is 0.476 e. The van der Waals surface area contributed by atoms with Crippen LogP contribution in [0.15, 0.2) is 0 Å². The molecular formula is C44H82O16Si5. The van der Waals surface area contributed by atoms with Crippen molar-refractivity contribution in [2.75, 3.05) is 26.4 Å². The molecule has 0 spiro atoms. The lowest BCUT2D eigenvalue weighted by Gasteiger charge is -2.55. The fourth-order valence-corrected chi connectivity index (χ4v) is 36.5. The summed E-state index contributed by atoms with van der Waals surface area (Å²) in [6, 6.07) is 1.21. The van der Waals surface area contributed by atoms with Crippen LogP contribution in [0, 0.1) is 28.1 Å². The Bertz CT molecular complexity index is 1730. The van der Waals surface area contributed by atoms with Crippen molar-refractivity contribution in [2.24, 2.45) is 28.1 Å². The van der Waals surface area contributed by atoms with Crippen LogP contribution in [0.5, 0.6) is 0 Å². The predicted molar refractivity (Wildman–Crippen MR) is 254 cm³/mol. The topological polar surface area (TPSA) is 195 Å². The van der Waals surface area contributed by atoms with Crippen molar-refractivity contribution < 1.29 is 73.0 Å². The Kier molecular flexibility index (Phi) is 19.5. The summed E-state index contributed by atoms with van der Waals surface area (Å²) in [5.74, 6) is -5.12. The highest BCUT2D eigenvalue weighted by Gasteiger charge is 2.66. The van der Waals surface area contributed by atoms with E-state index in [0.29, 0.717) is 24.9 Å². The molecule has 3 aliphatic heterocycles. The molecule has 8 atom stereocenters. The molecule has 8 unspecified atom stereocenters. The van der Waals surface area contributed by atoms with Crippen LogP contribution < -0.4 is 0 Å². The van der Waals surface area contributed by atoms with Gasteiger partial charge in [0.15, 0.2) is 8.32 Å². The number of hydrogen-bond acceptors (Lipinski definition) is 16. The van der Waals surface area contributed by atoms with Crippen LogP contribution in [0.25, 0.3) is 0 Å². The van der Waals surface area contributed by atoms with Crippen molar-refractivity contribution in [3.63, 3.8) is 0 Å². The summed E-state index contributed by atoms with van der Waals surface area (Å²) in [7, 11) is -14.9. The normalized spacial score (nSPS) is 37.0. The van der Waals surface area contributed by atoms with Gasteiger partial charge in [0.1, 0.15) is 13.2 Å². The third-order valence-corrected chi connectivity index (χ3v) is 37.4. The van der Waals surface area contributed by atoms with Gasteiger partial charge in [0.25, 0.3) is 0 Å². The Morgan fingerprint density at radius 1 is 0.585 bits per heavy atom. The zero-order valence-electron chi connectivity index (χ0n) is 42.6. The fraction of sp³-hybridized carbons (Fsp3) is 0.864. The molecule has 0 amide bonds. The van der Waals surface area contributed by atoms with Crippen LogP contribution in [0.4, 0.5) is 0 Å². The highest BCUT2D eigenvalue weighted by atomic mass is 28.6. The zero-order chi connectivity index (χ0) is 49.6. The lowest BCUT2D eigenvalue weighted by atomic mass is 9.66. The summed E-state index contributed by atoms with van der Waals surface area (Å²) in [5, 5.41) is 0. The van der Waals surface area contributed by atoms with Gasteiger partial charge in [-0.2, -0.15) is 0 Å². The van der Waals surface area contributed by atoms with E-state index in [4.69, 9.17) is 44.3 Å². The van der Waals surface area contributed by atoms with Gasteiger partial charge >= 0.3 is 70.3 Å². The molecular weight excluding hydrogens is 925 g/mol. The third-order valence-electron chi connectivity index (χ3n) is 13.4. The number of carbonyl (C=O) groups is 6. The maximum atomic E-state index is 14.0. The molecule has 0 aliphatic carbocycles. The van der Waals surface area contributed by atoms with Crippen molar-refractivity contribution in [3.8, 4) is 0 Å². The Balaban J connectivity index is 2.00. The highest BCUT2D eigenvalue weighted by Crippen LogP contribution is 2.49. The predicted octanol–water partition coefficient (Wildman–Crippen LogP) is 8.98. The van der Waals surface area contributed by atoms with Crippen LogP contribution in [0.1, 0.15) is 128 Å². The zero-order valence-corrected chi connectivity index (χ0v) is 47.6. The van der Waals surface area contributed by atoms with E-state index in [2.05, 4.69) is 67.7 Å². The first-order valence-electron chi connectivity index (χ1n) is 23.7. The molecule has 0 aromatic heterocycles. The number of cyclic esters (lactones) is 6. The Hall–Kier alpha value is -2.10. The van der Waals surface area contributed by atoms with E-state index in [0.717, 1.165) is 0 Å². The highest BCUT2D eigenvalue weighted by molar-refractivity contribution is 6.96. The molecule has 2 bridgehead atoms. The smallest absolute Gasteiger partial charge is 0.465 e. The second-order valence-electron chi connectivity index (χ2n) is 21.7. The summed E-state index contributed by atoms with van der Waals surface area (Å²) in [5.41, 5.74) is -3.82. The quantitative estimate of drug-likeness (QED) is 0.106. The molecule has 0 aromatic rings. The lowest BCUT2D eigenvalue weighted by Crippen LogP contribution is -2.74. The van der Waals surface area contributed by atoms with Crippen molar-refractivity contribution in [1.29, 1.82) is 0 Å². The van der Waals surface area contributed by atoms with Gasteiger partial charge in [-0.1, -0.05) is 62.3 Å². The van der Waals surface area contributed by atoms with Gasteiger partial charge < -0.3 is 44.3 Å². The van der Waals surface area contributed by atoms with E-state index >= 15 is 0 Å². The number of hydrogen-bond donors (Lipinski definition) is 0. The van der Waals surface area contributed by atoms with E-state index in [1.165, 1.54) is 0 Å². The molecule has 0 aromatic carbocycles. The average Bonchev–Trinajstić information content (AvgIpc) is 3.46. The van der Waals surface area contributed by atoms with E-state index in [-0.39, 0.29) is 75.2 Å². The average molecular weight is 1010 g/mol. The Morgan fingerprint density at radius 2 is 1.08 bits per heavy atom. The van der Waals surface area contributed by atoms with E-state index in [1.807, 2.05) is 6.55 Å². The second-order valence-corrected chi connectivity index (χ2v) is 41.3. The molecule has 374 valence electrons. The molecule has 0 radical (unpaired) electrons. The fourth-order valence-electron chi connectivity index (χ4n) is 8.90. The maximum Gasteiger partial charge on any atom is 0.476 e. The minimum Gasteiger partial charge on any atom is -0.465 e. The van der Waals surface area contributed by atoms with Crippen LogP contribution >= 0.6 is 0 Å². The van der Waals surface area contributed by atoms with Crippen LogP contribution in [0.2, 0.25) is 61.4 Å². The summed E-state index contributed by atoms with van der Waals surface area (Å²) < 4.78 is 63.6. The van der Waals surface area contributed by atoms with Gasteiger partial charge in [0.2, 0.25) is 0 Å². The SMILES string of the molecule is CCC1(CC2(C)CC(C)C(=O)OCCC[Si]3(C)O[Si](C)(C(C)C)O[Si](C(C)C)(O3)O[Si](C)(C(C)C)O[Si](C)(C)CCCOC(=O)C(C)CC(C)(C)C(=O)OCCOC2=O)CC(=O)OC1=O. The van der Waals surface area contributed by atoms with Crippen LogP contribution in [-0.4, -0.2) is 105 Å². The third kappa shape index (κ3) is 14.7. The molecule has 0 saturated carbocycles. The Morgan fingerprint density at radius 3 is 1.55 bits per heavy atom. The van der Waals surface area contributed by atoms with Gasteiger partial charge in [0.05, 0.1) is 47.7 Å². The van der Waals surface area contributed by atoms with Gasteiger partial charge in [0, 0.05) is 5.54 Å². The number of esters is 6. The minimum atomic E-state index is -3.51. The molecule has 21 heteroatoms. The van der Waals surface area contributed by atoms with Gasteiger partial charge in [-0.25, -0.2) is 0 Å². The Labute approximate surface area is 394 Å². The van der Waals surface area contributed by atoms with Gasteiger partial charge in [-0.15, -0.1) is 0 Å². The first-order chi connectivity index (χ1) is 29.7. The molecule has 3 aliphatic rings. The van der Waals surface area contributed by atoms with Crippen molar-refractivity contribution in [1.82, 2.24) is 0 Å². The molecule has 16 nitrogen and oxygen atoms in total. The number of fused-ring (bicyclic) bond motifs is 2. The first-order valence-corrected chi connectivity index (χ1v) is 35.9. The van der Waals surface area contributed by atoms with Crippen molar-refractivity contribution in [2.45, 2.75) is 189 Å². The first kappa shape index (κ1) is 57.2. The summed E-state index contributed by atoms with van der Waals surface area (Å²) >= 11 is 0. The molecule has 3 fully saturated rings. The van der Waals surface area contributed by atoms with Crippen molar-refractivity contribution >= 4 is 78.6 Å². The molecule has 65 heavy (non-hydrogen) atoms. The van der Waals surface area contributed by atoms with E-state index in [1.54, 1.807) is 41.5 Å². The van der Waals surface area contributed by atoms with Crippen molar-refractivity contribution in [3.05, 3.63) is 0 Å². The molecule has 3 heterocycles. The summed E-state index contributed by atoms with van der Waals surface area (Å²) in [6.45, 7) is 32.9. The lowest BCUT2D eigenvalue weighted by molar-refractivity contribution is -0.168. The monoisotopic (exact) mass is 1010 g/mol. The van der Waals surface area contributed by atoms with Crippen LogP contribution in [-0.2, 0) is 73.0 Å². The number of ether oxygens (including phenoxy) is 5. The van der Waals surface area contributed by atoms with Gasteiger partial charge in [-0.3, -0.25) is 28.8 Å². The number of rotatable bonds is 6. The summed E-state index contributed by atoms with van der Waals surface area (Å²) in [6.07, 6.45) is 0.996. The van der Waals surface area contributed by atoms with E-state index in [9.17, 15) is 28.8 Å². The second kappa shape index (κ2) is 22.1. The van der Waals surface area contributed by atoms with E-state index < -0.39 is 107 Å². The molecule has 0 N–H and O–H groups in total. The molecule has 3 rings (SSSR count). The van der Waals surface area contributed by atoms with Crippen LogP contribution in [0.3, 0.4) is 0 Å².